The highest BCUT2D eigenvalue weighted by atomic mass is 35.5. The molecule has 0 aliphatic carbocycles. The number of hydrogen-bond acceptors (Lipinski definition) is 3. The summed E-state index contributed by atoms with van der Waals surface area (Å²) < 4.78 is 0. The van der Waals surface area contributed by atoms with Crippen LogP contribution in [0.15, 0.2) is 60.7 Å². The predicted octanol–water partition coefficient (Wildman–Crippen LogP) is 5.75. The zero-order chi connectivity index (χ0) is 21.3. The minimum atomic E-state index is -0.321. The highest BCUT2D eigenvalue weighted by Crippen LogP contribution is 2.25. The average Bonchev–Trinajstić information content (AvgIpc) is 3.11. The van der Waals surface area contributed by atoms with Gasteiger partial charge in [0, 0.05) is 28.9 Å². The van der Waals surface area contributed by atoms with Gasteiger partial charge in [-0.05, 0) is 60.7 Å². The largest absolute Gasteiger partial charge is 0.338 e. The Kier molecular flexibility index (Phi) is 5.44. The Morgan fingerprint density at radius 1 is 0.900 bits per heavy atom. The molecule has 0 aliphatic heterocycles. The van der Waals surface area contributed by atoms with Crippen molar-refractivity contribution in [1.82, 2.24) is 9.97 Å². The molecule has 0 radical (unpaired) electrons. The van der Waals surface area contributed by atoms with Crippen molar-refractivity contribution in [1.29, 1.82) is 0 Å². The summed E-state index contributed by atoms with van der Waals surface area (Å²) in [6, 6.07) is 17.5. The zero-order valence-corrected chi connectivity index (χ0v) is 17.3. The van der Waals surface area contributed by atoms with Crippen molar-refractivity contribution in [3.63, 3.8) is 0 Å². The minimum Gasteiger partial charge on any atom is -0.338 e. The highest BCUT2D eigenvalue weighted by Gasteiger charge is 2.12. The third kappa shape index (κ3) is 4.30. The summed E-state index contributed by atoms with van der Waals surface area (Å²) in [6.45, 7) is 1.46. The molecule has 0 spiro atoms. The monoisotopic (exact) mass is 438 g/mol. The van der Waals surface area contributed by atoms with Crippen LogP contribution in [-0.2, 0) is 4.79 Å². The molecule has 0 saturated heterocycles. The van der Waals surface area contributed by atoms with Crippen molar-refractivity contribution in [3.8, 4) is 11.4 Å². The molecule has 1 heterocycles. The number of carbonyl (C=O) groups excluding carboxylic acids is 2. The van der Waals surface area contributed by atoms with Crippen LogP contribution in [0.5, 0.6) is 0 Å². The average molecular weight is 439 g/mol. The van der Waals surface area contributed by atoms with Gasteiger partial charge in [0.15, 0.2) is 0 Å². The molecule has 0 atom stereocenters. The van der Waals surface area contributed by atoms with Gasteiger partial charge < -0.3 is 15.6 Å². The Morgan fingerprint density at radius 2 is 1.63 bits per heavy atom. The lowest BCUT2D eigenvalue weighted by molar-refractivity contribution is -0.114. The number of H-pyrrole nitrogens is 1. The number of anilines is 2. The molecule has 6 nitrogen and oxygen atoms in total. The summed E-state index contributed by atoms with van der Waals surface area (Å²) in [5, 5.41) is 6.32. The van der Waals surface area contributed by atoms with E-state index in [1.54, 1.807) is 30.3 Å². The molecule has 0 fully saturated rings. The number of nitrogens with one attached hydrogen (secondary N) is 3. The van der Waals surface area contributed by atoms with E-state index in [2.05, 4.69) is 20.6 Å². The molecule has 0 bridgehead atoms. The van der Waals surface area contributed by atoms with Crippen LogP contribution in [0.1, 0.15) is 17.3 Å². The van der Waals surface area contributed by atoms with E-state index in [1.165, 1.54) is 13.0 Å². The zero-order valence-electron chi connectivity index (χ0n) is 15.8. The lowest BCUT2D eigenvalue weighted by atomic mass is 10.1. The van der Waals surface area contributed by atoms with Crippen molar-refractivity contribution in [2.45, 2.75) is 6.92 Å². The van der Waals surface area contributed by atoms with E-state index in [4.69, 9.17) is 23.2 Å². The predicted molar refractivity (Wildman–Crippen MR) is 120 cm³/mol. The quantitative estimate of drug-likeness (QED) is 0.379. The maximum absolute atomic E-state index is 12.4. The van der Waals surface area contributed by atoms with Crippen LogP contribution < -0.4 is 10.6 Å². The van der Waals surface area contributed by atoms with E-state index < -0.39 is 0 Å². The van der Waals surface area contributed by atoms with Crippen molar-refractivity contribution in [2.24, 2.45) is 0 Å². The molecule has 150 valence electrons. The number of benzene rings is 3. The first-order valence-electron chi connectivity index (χ1n) is 9.03. The summed E-state index contributed by atoms with van der Waals surface area (Å²) in [5.41, 5.74) is 4.12. The maximum Gasteiger partial charge on any atom is 0.257 e. The Labute approximate surface area is 182 Å². The second-order valence-corrected chi connectivity index (χ2v) is 7.50. The van der Waals surface area contributed by atoms with Gasteiger partial charge in [0.05, 0.1) is 21.6 Å². The fraction of sp³-hybridized carbons (Fsp3) is 0.0455. The Hall–Kier alpha value is -3.35. The summed E-state index contributed by atoms with van der Waals surface area (Å²) in [5.74, 6) is 0.230. The van der Waals surface area contributed by atoms with Crippen molar-refractivity contribution >= 4 is 57.4 Å². The van der Waals surface area contributed by atoms with Crippen LogP contribution in [-0.4, -0.2) is 21.8 Å². The summed E-state index contributed by atoms with van der Waals surface area (Å²) in [6.07, 6.45) is 0. The van der Waals surface area contributed by atoms with E-state index in [-0.39, 0.29) is 16.8 Å². The smallest absolute Gasteiger partial charge is 0.257 e. The minimum absolute atomic E-state index is 0.133. The van der Waals surface area contributed by atoms with Crippen LogP contribution in [0.4, 0.5) is 11.4 Å². The van der Waals surface area contributed by atoms with Gasteiger partial charge in [0.2, 0.25) is 5.91 Å². The summed E-state index contributed by atoms with van der Waals surface area (Å²) in [4.78, 5) is 31.5. The molecule has 1 aromatic heterocycles. The molecule has 0 aliphatic rings. The number of rotatable bonds is 4. The van der Waals surface area contributed by atoms with Crippen molar-refractivity contribution in [3.05, 3.63) is 76.3 Å². The molecule has 30 heavy (non-hydrogen) atoms. The van der Waals surface area contributed by atoms with E-state index >= 15 is 0 Å². The molecular formula is C22H16Cl2N4O2. The lowest BCUT2D eigenvalue weighted by Crippen LogP contribution is -2.12. The number of imidazole rings is 1. The Morgan fingerprint density at radius 3 is 2.33 bits per heavy atom. The number of halogens is 2. The van der Waals surface area contributed by atoms with Gasteiger partial charge >= 0.3 is 0 Å². The van der Waals surface area contributed by atoms with Gasteiger partial charge in [-0.25, -0.2) is 4.98 Å². The first-order chi connectivity index (χ1) is 14.4. The van der Waals surface area contributed by atoms with Crippen LogP contribution in [0.25, 0.3) is 22.4 Å². The molecule has 0 unspecified atom stereocenters. The third-order valence-electron chi connectivity index (χ3n) is 4.39. The molecular weight excluding hydrogens is 423 g/mol. The molecule has 8 heteroatoms. The summed E-state index contributed by atoms with van der Waals surface area (Å²) in [7, 11) is 0. The second-order valence-electron chi connectivity index (χ2n) is 6.65. The normalized spacial score (nSPS) is 10.8. The van der Waals surface area contributed by atoms with Gasteiger partial charge in [-0.1, -0.05) is 23.2 Å². The number of aromatic nitrogens is 2. The van der Waals surface area contributed by atoms with E-state index in [1.807, 2.05) is 24.3 Å². The van der Waals surface area contributed by atoms with Gasteiger partial charge in [-0.15, -0.1) is 0 Å². The first kappa shape index (κ1) is 19.9. The highest BCUT2D eigenvalue weighted by molar-refractivity contribution is 6.37. The Bertz CT molecular complexity index is 1270. The fourth-order valence-corrected chi connectivity index (χ4v) is 3.51. The molecule has 0 saturated carbocycles. The number of carbonyl (C=O) groups is 2. The molecule has 4 rings (SSSR count). The number of hydrogen-bond donors (Lipinski definition) is 3. The van der Waals surface area contributed by atoms with Crippen LogP contribution in [0.2, 0.25) is 10.0 Å². The molecule has 3 N–H and O–H groups in total. The van der Waals surface area contributed by atoms with Crippen LogP contribution >= 0.6 is 23.2 Å². The van der Waals surface area contributed by atoms with Gasteiger partial charge in [-0.2, -0.15) is 0 Å². The SMILES string of the molecule is CC(=O)Nc1ccc2nc(-c3ccc(NC(=O)c4ccc(Cl)cc4Cl)cc3)[nH]c2c1. The summed E-state index contributed by atoms with van der Waals surface area (Å²) >= 11 is 12.0. The third-order valence-corrected chi connectivity index (χ3v) is 4.94. The van der Waals surface area contributed by atoms with Gasteiger partial charge in [0.25, 0.3) is 5.91 Å². The fourth-order valence-electron chi connectivity index (χ4n) is 3.01. The van der Waals surface area contributed by atoms with E-state index in [0.717, 1.165) is 16.6 Å². The second kappa shape index (κ2) is 8.18. The maximum atomic E-state index is 12.4. The number of aromatic amines is 1. The van der Waals surface area contributed by atoms with Gasteiger partial charge in [-0.3, -0.25) is 9.59 Å². The molecule has 4 aromatic rings. The first-order valence-corrected chi connectivity index (χ1v) is 9.79. The van der Waals surface area contributed by atoms with E-state index in [0.29, 0.717) is 27.8 Å². The van der Waals surface area contributed by atoms with Crippen LogP contribution in [0, 0.1) is 0 Å². The molecule has 3 aromatic carbocycles. The number of nitrogens with zero attached hydrogens (tertiary/aromatic N) is 1. The topological polar surface area (TPSA) is 86.9 Å². The van der Waals surface area contributed by atoms with Crippen molar-refractivity contribution in [2.75, 3.05) is 10.6 Å². The van der Waals surface area contributed by atoms with Crippen LogP contribution in [0.3, 0.4) is 0 Å². The van der Waals surface area contributed by atoms with Crippen molar-refractivity contribution < 1.29 is 9.59 Å². The van der Waals surface area contributed by atoms with Gasteiger partial charge in [0.1, 0.15) is 5.82 Å². The Balaban J connectivity index is 1.53. The lowest BCUT2D eigenvalue weighted by Gasteiger charge is -2.07. The molecule has 2 amide bonds. The van der Waals surface area contributed by atoms with E-state index in [9.17, 15) is 9.59 Å². The number of fused-ring (bicyclic) bond motifs is 1. The number of amides is 2. The standard InChI is InChI=1S/C22H16Cl2N4O2/c1-12(29)25-16-7-9-19-20(11-16)28-21(27-19)13-2-5-15(6-3-13)26-22(30)17-8-4-14(23)10-18(17)24/h2-11H,1H3,(H,25,29)(H,26,30)(H,27,28).